The number of carbonyl (C=O) groups is 3. The molecule has 0 aliphatic carbocycles. The van der Waals surface area contributed by atoms with E-state index in [1.165, 1.54) is 36.9 Å². The number of hydrogen-bond donors (Lipinski definition) is 1. The van der Waals surface area contributed by atoms with Gasteiger partial charge in [0.1, 0.15) is 18.5 Å². The number of ketones is 1. The first kappa shape index (κ1) is 18.4. The number of nitrogens with one attached hydrogen (secondary N) is 1. The number of rotatable bonds is 6. The molecule has 2 aromatic rings. The molecule has 1 saturated heterocycles. The van der Waals surface area contributed by atoms with Gasteiger partial charge in [-0.2, -0.15) is 4.80 Å². The number of cyclic esters (lactones) is 1. The van der Waals surface area contributed by atoms with E-state index >= 15 is 0 Å². The Balaban J connectivity index is 1.75. The van der Waals surface area contributed by atoms with Crippen molar-refractivity contribution in [3.8, 4) is 11.4 Å². The van der Waals surface area contributed by atoms with Gasteiger partial charge in [0.2, 0.25) is 11.7 Å². The van der Waals surface area contributed by atoms with Crippen LogP contribution < -0.4 is 10.2 Å². The first-order chi connectivity index (χ1) is 12.8. The van der Waals surface area contributed by atoms with E-state index in [9.17, 15) is 18.8 Å². The van der Waals surface area contributed by atoms with Crippen molar-refractivity contribution in [1.29, 1.82) is 0 Å². The van der Waals surface area contributed by atoms with Crippen molar-refractivity contribution in [1.82, 2.24) is 25.5 Å². The number of aromatic nitrogens is 4. The summed E-state index contributed by atoms with van der Waals surface area (Å²) in [5.74, 6) is -0.998. The van der Waals surface area contributed by atoms with Crippen LogP contribution in [-0.4, -0.2) is 57.2 Å². The van der Waals surface area contributed by atoms with Crippen molar-refractivity contribution in [3.63, 3.8) is 0 Å². The van der Waals surface area contributed by atoms with E-state index in [0.29, 0.717) is 5.69 Å². The van der Waals surface area contributed by atoms with Crippen molar-refractivity contribution < 1.29 is 23.5 Å². The highest BCUT2D eigenvalue weighted by molar-refractivity contribution is 5.90. The number of hydrogen-bond acceptors (Lipinski definition) is 7. The number of nitrogens with zero attached hydrogens (tertiary/aromatic N) is 5. The van der Waals surface area contributed by atoms with Crippen LogP contribution in [0.1, 0.15) is 13.8 Å². The third-order valence-electron chi connectivity index (χ3n) is 3.77. The normalized spacial score (nSPS) is 16.3. The van der Waals surface area contributed by atoms with Gasteiger partial charge in [0, 0.05) is 6.92 Å². The summed E-state index contributed by atoms with van der Waals surface area (Å²) in [6, 6.07) is 4.13. The molecule has 1 atom stereocenters. The quantitative estimate of drug-likeness (QED) is 0.781. The molecule has 1 N–H and O–H groups in total. The van der Waals surface area contributed by atoms with Crippen molar-refractivity contribution in [2.75, 3.05) is 18.0 Å². The second-order valence-corrected chi connectivity index (χ2v) is 6.06. The SMILES string of the molecule is CC(=O)Cn1nnc(-c2ccc(N3C[C@H](CNC(C)=O)OC3=O)cc2F)n1. The number of amides is 2. The molecule has 1 fully saturated rings. The molecule has 0 radical (unpaired) electrons. The number of tetrazole rings is 1. The Hall–Kier alpha value is -3.37. The van der Waals surface area contributed by atoms with Crippen molar-refractivity contribution in [2.45, 2.75) is 26.5 Å². The lowest BCUT2D eigenvalue weighted by atomic mass is 10.1. The minimum absolute atomic E-state index is 0.0350. The highest BCUT2D eigenvalue weighted by Crippen LogP contribution is 2.27. The van der Waals surface area contributed by atoms with Gasteiger partial charge in [-0.05, 0) is 30.3 Å². The lowest BCUT2D eigenvalue weighted by Crippen LogP contribution is -2.33. The molecule has 27 heavy (non-hydrogen) atoms. The van der Waals surface area contributed by atoms with E-state index < -0.39 is 18.0 Å². The van der Waals surface area contributed by atoms with Crippen LogP contribution >= 0.6 is 0 Å². The number of carbonyl (C=O) groups excluding carboxylic acids is 3. The lowest BCUT2D eigenvalue weighted by Gasteiger charge is -2.13. The summed E-state index contributed by atoms with van der Waals surface area (Å²) in [5.41, 5.74) is 0.401. The van der Waals surface area contributed by atoms with Crippen molar-refractivity contribution in [2.24, 2.45) is 0 Å². The summed E-state index contributed by atoms with van der Waals surface area (Å²) in [4.78, 5) is 36.4. The van der Waals surface area contributed by atoms with Gasteiger partial charge in [-0.15, -0.1) is 10.2 Å². The maximum absolute atomic E-state index is 14.5. The van der Waals surface area contributed by atoms with Crippen LogP contribution in [0.25, 0.3) is 11.4 Å². The lowest BCUT2D eigenvalue weighted by molar-refractivity contribution is -0.119. The molecule has 2 heterocycles. The molecular weight excluding hydrogens is 359 g/mol. The average molecular weight is 376 g/mol. The largest absolute Gasteiger partial charge is 0.442 e. The van der Waals surface area contributed by atoms with Crippen LogP contribution in [0.2, 0.25) is 0 Å². The third kappa shape index (κ3) is 4.25. The Labute approximate surface area is 153 Å². The predicted octanol–water partition coefficient (Wildman–Crippen LogP) is 0.529. The summed E-state index contributed by atoms with van der Waals surface area (Å²) in [6.07, 6.45) is -1.14. The van der Waals surface area contributed by atoms with Crippen molar-refractivity contribution >= 4 is 23.5 Å². The Morgan fingerprint density at radius 1 is 1.37 bits per heavy atom. The zero-order valence-electron chi connectivity index (χ0n) is 14.7. The second-order valence-electron chi connectivity index (χ2n) is 6.06. The highest BCUT2D eigenvalue weighted by atomic mass is 19.1. The maximum Gasteiger partial charge on any atom is 0.414 e. The summed E-state index contributed by atoms with van der Waals surface area (Å²) < 4.78 is 19.7. The second kappa shape index (κ2) is 7.48. The maximum atomic E-state index is 14.5. The number of anilines is 1. The average Bonchev–Trinajstić information content (AvgIpc) is 3.19. The number of Topliss-reactive ketones (excluding diaryl/α,β-unsaturated/α-hetero) is 1. The molecule has 0 spiro atoms. The summed E-state index contributed by atoms with van der Waals surface area (Å²) in [5, 5.41) is 14.0. The fraction of sp³-hybridized carbons (Fsp3) is 0.375. The molecule has 142 valence electrons. The van der Waals surface area contributed by atoms with Crippen LogP contribution in [0.4, 0.5) is 14.9 Å². The number of halogens is 1. The zero-order chi connectivity index (χ0) is 19.6. The molecular formula is C16H17FN6O4. The Morgan fingerprint density at radius 2 is 2.15 bits per heavy atom. The fourth-order valence-electron chi connectivity index (χ4n) is 2.57. The van der Waals surface area contributed by atoms with Gasteiger partial charge in [-0.3, -0.25) is 14.5 Å². The molecule has 0 bridgehead atoms. The smallest absolute Gasteiger partial charge is 0.414 e. The van der Waals surface area contributed by atoms with E-state index in [1.807, 2.05) is 0 Å². The van der Waals surface area contributed by atoms with Gasteiger partial charge in [0.15, 0.2) is 5.78 Å². The van der Waals surface area contributed by atoms with E-state index in [1.54, 1.807) is 0 Å². The highest BCUT2D eigenvalue weighted by Gasteiger charge is 2.32. The molecule has 10 nitrogen and oxygen atoms in total. The monoisotopic (exact) mass is 376 g/mol. The fourth-order valence-corrected chi connectivity index (χ4v) is 2.57. The molecule has 1 aromatic carbocycles. The zero-order valence-corrected chi connectivity index (χ0v) is 14.7. The molecule has 1 aliphatic heterocycles. The Bertz CT molecular complexity index is 899. The van der Waals surface area contributed by atoms with E-state index in [2.05, 4.69) is 20.7 Å². The van der Waals surface area contributed by atoms with Gasteiger partial charge in [-0.1, -0.05) is 0 Å². The standard InChI is InChI=1S/C16H17FN6O4/c1-9(24)7-23-20-15(19-21-23)13-4-3-11(5-14(13)17)22-8-12(27-16(22)26)6-18-10(2)25/h3-5,12H,6-8H2,1-2H3,(H,18,25)/t12-/m0/s1. The predicted molar refractivity (Wildman–Crippen MR) is 90.2 cm³/mol. The minimum Gasteiger partial charge on any atom is -0.442 e. The molecule has 1 aromatic heterocycles. The molecule has 0 unspecified atom stereocenters. The van der Waals surface area contributed by atoms with Crippen LogP contribution in [0.15, 0.2) is 18.2 Å². The first-order valence-electron chi connectivity index (χ1n) is 8.13. The molecule has 3 rings (SSSR count). The van der Waals surface area contributed by atoms with Crippen molar-refractivity contribution in [3.05, 3.63) is 24.0 Å². The summed E-state index contributed by atoms with van der Waals surface area (Å²) >= 11 is 0. The Morgan fingerprint density at radius 3 is 2.81 bits per heavy atom. The summed E-state index contributed by atoms with van der Waals surface area (Å²) in [6.45, 7) is 3.06. The minimum atomic E-state index is -0.645. The third-order valence-corrected chi connectivity index (χ3v) is 3.77. The molecule has 2 amide bonds. The van der Waals surface area contributed by atoms with Gasteiger partial charge in [0.05, 0.1) is 24.3 Å². The number of benzene rings is 1. The molecule has 1 aliphatic rings. The molecule has 0 saturated carbocycles. The Kier molecular flexibility index (Phi) is 5.10. The van der Waals surface area contributed by atoms with E-state index in [0.717, 1.165) is 4.80 Å². The van der Waals surface area contributed by atoms with Gasteiger partial charge >= 0.3 is 6.09 Å². The topological polar surface area (TPSA) is 119 Å². The molecule has 11 heteroatoms. The summed E-state index contributed by atoms with van der Waals surface area (Å²) in [7, 11) is 0. The van der Waals surface area contributed by atoms with Gasteiger partial charge < -0.3 is 10.1 Å². The van der Waals surface area contributed by atoms with E-state index in [-0.39, 0.29) is 42.7 Å². The van der Waals surface area contributed by atoms with Crippen LogP contribution in [0.5, 0.6) is 0 Å². The van der Waals surface area contributed by atoms with Gasteiger partial charge in [-0.25, -0.2) is 9.18 Å². The van der Waals surface area contributed by atoms with Crippen LogP contribution in [0, 0.1) is 5.82 Å². The van der Waals surface area contributed by atoms with E-state index in [4.69, 9.17) is 4.74 Å². The number of ether oxygens (including phenoxy) is 1. The van der Waals surface area contributed by atoms with Crippen LogP contribution in [0.3, 0.4) is 0 Å². The van der Waals surface area contributed by atoms with Crippen LogP contribution in [-0.2, 0) is 20.9 Å². The first-order valence-corrected chi connectivity index (χ1v) is 8.13. The van der Waals surface area contributed by atoms with Gasteiger partial charge in [0.25, 0.3) is 0 Å².